The molecule has 6 heteroatoms. The molecule has 0 bridgehead atoms. The molecule has 5 nitrogen and oxygen atoms in total. The third-order valence-electron chi connectivity index (χ3n) is 5.57. The van der Waals surface area contributed by atoms with Crippen LogP contribution < -0.4 is 5.48 Å². The van der Waals surface area contributed by atoms with E-state index in [1.54, 1.807) is 30.0 Å². The van der Waals surface area contributed by atoms with Crippen LogP contribution in [0.1, 0.15) is 22.3 Å². The molecule has 4 rings (SSSR count). The molecule has 178 valence electrons. The Kier molecular flexibility index (Phi) is 8.08. The summed E-state index contributed by atoms with van der Waals surface area (Å²) in [4.78, 5) is 8.37. The predicted molar refractivity (Wildman–Crippen MR) is 145 cm³/mol. The summed E-state index contributed by atoms with van der Waals surface area (Å²) in [6.45, 7) is 5.44. The lowest BCUT2D eigenvalue weighted by Gasteiger charge is -2.27. The zero-order valence-electron chi connectivity index (χ0n) is 19.8. The summed E-state index contributed by atoms with van der Waals surface area (Å²) in [5, 5.41) is 20.2. The van der Waals surface area contributed by atoms with Crippen LogP contribution in [-0.4, -0.2) is 20.4 Å². The number of phenols is 1. The van der Waals surface area contributed by atoms with Gasteiger partial charge in [0.25, 0.3) is 0 Å². The summed E-state index contributed by atoms with van der Waals surface area (Å²) in [5.74, 6) is 0.241. The third-order valence-corrected chi connectivity index (χ3v) is 6.78. The Morgan fingerprint density at radius 3 is 2.17 bits per heavy atom. The normalized spacial score (nSPS) is 11.3. The number of nitrogens with zero attached hydrogens (tertiary/aromatic N) is 2. The Labute approximate surface area is 210 Å². The largest absolute Gasteiger partial charge is 0.508 e. The first-order valence-electron chi connectivity index (χ1n) is 11.4. The van der Waals surface area contributed by atoms with Gasteiger partial charge < -0.3 is 10.0 Å². The molecule has 35 heavy (non-hydrogen) atoms. The van der Waals surface area contributed by atoms with Gasteiger partial charge in [0.15, 0.2) is 5.17 Å². The molecule has 0 saturated heterocycles. The molecule has 0 saturated carbocycles. The minimum Gasteiger partial charge on any atom is -0.508 e. The third kappa shape index (κ3) is 6.66. The van der Waals surface area contributed by atoms with Crippen LogP contribution in [-0.2, 0) is 13.1 Å². The number of aromatic hydroxyl groups is 1. The van der Waals surface area contributed by atoms with Crippen LogP contribution in [0.15, 0.2) is 107 Å². The van der Waals surface area contributed by atoms with Gasteiger partial charge in [-0.3, -0.25) is 10.7 Å². The fourth-order valence-electron chi connectivity index (χ4n) is 3.76. The second-order valence-electron chi connectivity index (χ2n) is 8.40. The molecule has 0 spiro atoms. The molecule has 0 aromatic heterocycles. The Morgan fingerprint density at radius 1 is 0.829 bits per heavy atom. The summed E-state index contributed by atoms with van der Waals surface area (Å²) >= 11 is 1.60. The molecule has 0 aliphatic heterocycles. The van der Waals surface area contributed by atoms with Crippen LogP contribution in [0, 0.1) is 13.8 Å². The van der Waals surface area contributed by atoms with Gasteiger partial charge >= 0.3 is 0 Å². The quantitative estimate of drug-likeness (QED) is 0.111. The zero-order valence-corrected chi connectivity index (χ0v) is 20.7. The number of aryl methyl sites for hydroxylation is 2. The van der Waals surface area contributed by atoms with E-state index < -0.39 is 0 Å². The first-order chi connectivity index (χ1) is 17.0. The fourth-order valence-corrected chi connectivity index (χ4v) is 4.71. The van der Waals surface area contributed by atoms with E-state index in [1.165, 1.54) is 11.1 Å². The van der Waals surface area contributed by atoms with E-state index in [4.69, 9.17) is 4.99 Å². The Bertz CT molecular complexity index is 1290. The molecular formula is C29H29N3O2S. The molecule has 0 amide bonds. The van der Waals surface area contributed by atoms with Crippen molar-refractivity contribution in [1.29, 1.82) is 0 Å². The first kappa shape index (κ1) is 24.4. The van der Waals surface area contributed by atoms with Crippen molar-refractivity contribution in [2.45, 2.75) is 31.8 Å². The van der Waals surface area contributed by atoms with Crippen LogP contribution >= 0.6 is 11.8 Å². The van der Waals surface area contributed by atoms with Crippen molar-refractivity contribution in [2.75, 3.05) is 5.48 Å². The number of hydrogen-bond donors (Lipinski definition) is 3. The van der Waals surface area contributed by atoms with E-state index in [9.17, 15) is 10.3 Å². The minimum atomic E-state index is 0.241. The molecule has 0 heterocycles. The highest BCUT2D eigenvalue weighted by atomic mass is 32.2. The van der Waals surface area contributed by atoms with E-state index in [-0.39, 0.29) is 5.75 Å². The van der Waals surface area contributed by atoms with E-state index in [0.29, 0.717) is 24.5 Å². The number of benzene rings is 4. The highest BCUT2D eigenvalue weighted by Gasteiger charge is 2.17. The summed E-state index contributed by atoms with van der Waals surface area (Å²) in [7, 11) is 0. The van der Waals surface area contributed by atoms with Gasteiger partial charge in [-0.1, -0.05) is 84.1 Å². The Balaban J connectivity index is 1.79. The maximum Gasteiger partial charge on any atom is 0.169 e. The molecule has 0 aliphatic rings. The summed E-state index contributed by atoms with van der Waals surface area (Å²) in [6, 6.07) is 31.4. The monoisotopic (exact) mass is 483 g/mol. The van der Waals surface area contributed by atoms with Crippen molar-refractivity contribution in [2.24, 2.45) is 4.99 Å². The van der Waals surface area contributed by atoms with E-state index in [1.807, 2.05) is 48.5 Å². The second-order valence-corrected chi connectivity index (χ2v) is 9.41. The number of hydrogen-bond acceptors (Lipinski definition) is 5. The smallest absolute Gasteiger partial charge is 0.169 e. The van der Waals surface area contributed by atoms with Crippen molar-refractivity contribution >= 4 is 28.3 Å². The molecule has 0 radical (unpaired) electrons. The second kappa shape index (κ2) is 11.6. The van der Waals surface area contributed by atoms with E-state index in [2.05, 4.69) is 54.6 Å². The van der Waals surface area contributed by atoms with Gasteiger partial charge in [0.05, 0.1) is 11.4 Å². The summed E-state index contributed by atoms with van der Waals surface area (Å²) in [5.41, 5.74) is 8.06. The van der Waals surface area contributed by atoms with Gasteiger partial charge in [-0.05, 0) is 60.9 Å². The first-order valence-corrected chi connectivity index (χ1v) is 12.2. The maximum atomic E-state index is 9.76. The minimum absolute atomic E-state index is 0.241. The number of amidine groups is 1. The molecular weight excluding hydrogens is 454 g/mol. The van der Waals surface area contributed by atoms with Gasteiger partial charge in [0.1, 0.15) is 5.75 Å². The lowest BCUT2D eigenvalue weighted by Crippen LogP contribution is -2.28. The highest BCUT2D eigenvalue weighted by molar-refractivity contribution is 8.13. The Hall–Kier alpha value is -3.74. The Morgan fingerprint density at radius 2 is 1.49 bits per heavy atom. The lowest BCUT2D eigenvalue weighted by molar-refractivity contribution is 0.389. The highest BCUT2D eigenvalue weighted by Crippen LogP contribution is 2.32. The molecule has 3 N–H and O–H groups in total. The average Bonchev–Trinajstić information content (AvgIpc) is 2.87. The van der Waals surface area contributed by atoms with Crippen molar-refractivity contribution in [1.82, 2.24) is 4.90 Å². The van der Waals surface area contributed by atoms with Crippen molar-refractivity contribution in [3.8, 4) is 5.75 Å². The van der Waals surface area contributed by atoms with Gasteiger partial charge in [0.2, 0.25) is 0 Å². The molecule has 0 unspecified atom stereocenters. The standard InChI is InChI=1S/C29H29N3O2S/c1-21-12-17-28(22(2)18-21)35-29(30-26-10-6-7-11-27(26)31-34)32(19-23-8-4-3-5-9-23)20-24-13-15-25(33)16-14-24/h3-18,31,33-34H,19-20H2,1-2H3. The number of aliphatic imine (C=N–C) groups is 1. The van der Waals surface area contributed by atoms with Gasteiger partial charge in [-0.15, -0.1) is 0 Å². The van der Waals surface area contributed by atoms with Gasteiger partial charge in [-0.2, -0.15) is 0 Å². The molecule has 0 fully saturated rings. The molecule has 0 atom stereocenters. The van der Waals surface area contributed by atoms with Crippen LogP contribution in [0.5, 0.6) is 5.75 Å². The average molecular weight is 484 g/mol. The summed E-state index contributed by atoms with van der Waals surface area (Å²) < 4.78 is 0. The van der Waals surface area contributed by atoms with E-state index in [0.717, 1.165) is 21.2 Å². The van der Waals surface area contributed by atoms with E-state index >= 15 is 0 Å². The number of para-hydroxylation sites is 2. The van der Waals surface area contributed by atoms with Crippen LogP contribution in [0.4, 0.5) is 11.4 Å². The summed E-state index contributed by atoms with van der Waals surface area (Å²) in [6.07, 6.45) is 0. The zero-order chi connectivity index (χ0) is 24.6. The van der Waals surface area contributed by atoms with Crippen LogP contribution in [0.25, 0.3) is 0 Å². The molecule has 0 aliphatic carbocycles. The molecule has 4 aromatic carbocycles. The van der Waals surface area contributed by atoms with Crippen LogP contribution in [0.2, 0.25) is 0 Å². The number of phenolic OH excluding ortho intramolecular Hbond substituents is 1. The van der Waals surface area contributed by atoms with Gasteiger partial charge in [-0.25, -0.2) is 4.99 Å². The maximum absolute atomic E-state index is 9.76. The number of anilines is 1. The lowest BCUT2D eigenvalue weighted by atomic mass is 10.1. The number of thioether (sulfide) groups is 1. The fraction of sp³-hybridized carbons (Fsp3) is 0.138. The topological polar surface area (TPSA) is 68.1 Å². The van der Waals surface area contributed by atoms with Crippen molar-refractivity contribution < 1.29 is 10.3 Å². The van der Waals surface area contributed by atoms with Crippen LogP contribution in [0.3, 0.4) is 0 Å². The predicted octanol–water partition coefficient (Wildman–Crippen LogP) is 7.29. The number of rotatable bonds is 7. The SMILES string of the molecule is Cc1ccc(SC(=Nc2ccccc2NO)N(Cc2ccccc2)Cc2ccc(O)cc2)c(C)c1. The van der Waals surface area contributed by atoms with Crippen molar-refractivity contribution in [3.05, 3.63) is 119 Å². The molecule has 4 aromatic rings. The number of nitrogens with one attached hydrogen (secondary N) is 1. The van der Waals surface area contributed by atoms with Gasteiger partial charge in [0, 0.05) is 18.0 Å². The van der Waals surface area contributed by atoms with Crippen molar-refractivity contribution in [3.63, 3.8) is 0 Å².